The molecule has 3 aromatic heterocycles. The van der Waals surface area contributed by atoms with Crippen LogP contribution in [0.15, 0.2) is 55.0 Å². The Balaban J connectivity index is 0.000000304. The van der Waals surface area contributed by atoms with Gasteiger partial charge in [0, 0.05) is 0 Å². The number of aromatic hydroxyl groups is 1. The molecule has 0 aliphatic heterocycles. The van der Waals surface area contributed by atoms with Gasteiger partial charge in [0.05, 0.1) is 55.1 Å². The summed E-state index contributed by atoms with van der Waals surface area (Å²) in [5.41, 5.74) is 0.114. The summed E-state index contributed by atoms with van der Waals surface area (Å²) in [7, 11) is -2.56. The van der Waals surface area contributed by atoms with Crippen molar-refractivity contribution in [2.24, 2.45) is 0 Å². The zero-order valence-electron chi connectivity index (χ0n) is 23.8. The zero-order valence-corrected chi connectivity index (χ0v) is 17.8. The van der Waals surface area contributed by atoms with Gasteiger partial charge in [-0.3, -0.25) is 0 Å². The number of hydrogen-bond donors (Lipinski definition) is 2. The summed E-state index contributed by atoms with van der Waals surface area (Å²) in [5, 5.41) is 17.3. The average Bonchev–Trinajstić information content (AvgIpc) is 2.88. The lowest BCUT2D eigenvalue weighted by Gasteiger charge is -1.99. The van der Waals surface area contributed by atoms with Crippen LogP contribution in [-0.2, 0) is 9.47 Å². The fourth-order valence-electron chi connectivity index (χ4n) is 1.84. The lowest BCUT2D eigenvalue weighted by Crippen LogP contribution is -2.03. The maximum atomic E-state index is 11.0. The first-order chi connectivity index (χ1) is 18.5. The van der Waals surface area contributed by atoms with Gasteiger partial charge >= 0.3 is 17.9 Å². The summed E-state index contributed by atoms with van der Waals surface area (Å²) in [4.78, 5) is 42.9. The number of rotatable bonds is 5. The Morgan fingerprint density at radius 1 is 0.735 bits per heavy atom. The molecule has 0 aromatic carbocycles. The highest BCUT2D eigenvalue weighted by molar-refractivity contribution is 5.87. The predicted molar refractivity (Wildman–Crippen MR) is 117 cm³/mol. The second-order valence-corrected chi connectivity index (χ2v) is 5.65. The third kappa shape index (κ3) is 9.18. The monoisotopic (exact) mass is 479 g/mol. The number of esters is 2. The molecule has 12 heteroatoms. The second-order valence-electron chi connectivity index (χ2n) is 5.65. The molecule has 0 saturated carbocycles. The number of aromatic carboxylic acids is 1. The van der Waals surface area contributed by atoms with Crippen LogP contribution in [-0.4, -0.2) is 71.4 Å². The maximum absolute atomic E-state index is 11.0. The predicted octanol–water partition coefficient (Wildman–Crippen LogP) is 2.24. The topological polar surface area (TPSA) is 167 Å². The molecule has 0 saturated heterocycles. The summed E-state index contributed by atoms with van der Waals surface area (Å²) < 4.78 is 58.7. The SMILES string of the molecule is COC(=O)c1ccc(O)cn1.[2H]C([2H])([2H])Oc1ccc(C(=O)O)nc1.[2H]C([2H])([2H])Oc1ccc(C(=O)OC)nc1. The molecule has 0 fully saturated rings. The highest BCUT2D eigenvalue weighted by Crippen LogP contribution is 2.09. The van der Waals surface area contributed by atoms with E-state index in [2.05, 4.69) is 33.9 Å². The van der Waals surface area contributed by atoms with Gasteiger partial charge in [0.15, 0.2) is 0 Å². The largest absolute Gasteiger partial charge is 0.506 e. The molecule has 180 valence electrons. The lowest BCUT2D eigenvalue weighted by atomic mass is 10.3. The first-order valence-corrected chi connectivity index (χ1v) is 8.89. The van der Waals surface area contributed by atoms with E-state index in [1.807, 2.05) is 0 Å². The number of pyridine rings is 3. The molecule has 0 spiro atoms. The number of aromatic nitrogens is 3. The molecular weight excluding hydrogens is 450 g/mol. The number of methoxy groups -OCH3 is 4. The van der Waals surface area contributed by atoms with Crippen molar-refractivity contribution in [3.63, 3.8) is 0 Å². The van der Waals surface area contributed by atoms with E-state index in [9.17, 15) is 14.4 Å². The molecule has 0 aliphatic rings. The lowest BCUT2D eigenvalue weighted by molar-refractivity contribution is 0.0585. The van der Waals surface area contributed by atoms with Crippen LogP contribution in [0.4, 0.5) is 0 Å². The summed E-state index contributed by atoms with van der Waals surface area (Å²) in [6.45, 7) is 0. The van der Waals surface area contributed by atoms with E-state index in [1.54, 1.807) is 0 Å². The summed E-state index contributed by atoms with van der Waals surface area (Å²) in [5.74, 6) is -2.17. The minimum absolute atomic E-state index is 0.00926. The van der Waals surface area contributed by atoms with E-state index < -0.39 is 32.0 Å². The summed E-state index contributed by atoms with van der Waals surface area (Å²) in [6, 6.07) is 7.84. The molecule has 3 rings (SSSR count). The minimum Gasteiger partial charge on any atom is -0.506 e. The van der Waals surface area contributed by atoms with Crippen LogP contribution in [0.2, 0.25) is 0 Å². The first kappa shape index (κ1) is 18.8. The Bertz CT molecular complexity index is 1250. The van der Waals surface area contributed by atoms with Crippen molar-refractivity contribution in [3.8, 4) is 17.2 Å². The van der Waals surface area contributed by atoms with Crippen molar-refractivity contribution in [1.82, 2.24) is 15.0 Å². The molecule has 34 heavy (non-hydrogen) atoms. The minimum atomic E-state index is -2.55. The van der Waals surface area contributed by atoms with E-state index in [4.69, 9.17) is 18.4 Å². The van der Waals surface area contributed by atoms with Crippen LogP contribution in [0.1, 0.15) is 39.7 Å². The molecule has 0 bridgehead atoms. The van der Waals surface area contributed by atoms with Gasteiger partial charge in [0.2, 0.25) is 0 Å². The fraction of sp³-hybridized carbons (Fsp3) is 0.182. The van der Waals surface area contributed by atoms with E-state index in [0.717, 1.165) is 12.4 Å². The van der Waals surface area contributed by atoms with Gasteiger partial charge in [0.25, 0.3) is 0 Å². The Morgan fingerprint density at radius 3 is 1.50 bits per heavy atom. The zero-order chi connectivity index (χ0) is 30.5. The van der Waals surface area contributed by atoms with Crippen molar-refractivity contribution >= 4 is 17.9 Å². The third-order valence-electron chi connectivity index (χ3n) is 3.46. The highest BCUT2D eigenvalue weighted by atomic mass is 16.5. The molecule has 3 heterocycles. The number of hydrogen-bond acceptors (Lipinski definition) is 11. The van der Waals surface area contributed by atoms with Crippen LogP contribution in [0.25, 0.3) is 0 Å². The van der Waals surface area contributed by atoms with Crippen molar-refractivity contribution in [3.05, 3.63) is 72.1 Å². The quantitative estimate of drug-likeness (QED) is 0.513. The van der Waals surface area contributed by atoms with E-state index in [0.29, 0.717) is 0 Å². The van der Waals surface area contributed by atoms with Crippen molar-refractivity contribution in [1.29, 1.82) is 0 Å². The number of carboxylic acids is 1. The van der Waals surface area contributed by atoms with Gasteiger partial charge in [-0.15, -0.1) is 0 Å². The van der Waals surface area contributed by atoms with Gasteiger partial charge in [-0.25, -0.2) is 29.3 Å². The maximum Gasteiger partial charge on any atom is 0.356 e. The van der Waals surface area contributed by atoms with Crippen LogP contribution >= 0.6 is 0 Å². The fourth-order valence-corrected chi connectivity index (χ4v) is 1.84. The van der Waals surface area contributed by atoms with Crippen LogP contribution in [0.3, 0.4) is 0 Å². The van der Waals surface area contributed by atoms with Gasteiger partial charge in [-0.1, -0.05) is 0 Å². The first-order valence-electron chi connectivity index (χ1n) is 11.9. The van der Waals surface area contributed by atoms with Crippen LogP contribution in [0.5, 0.6) is 17.2 Å². The highest BCUT2D eigenvalue weighted by Gasteiger charge is 2.06. The molecule has 3 aromatic rings. The van der Waals surface area contributed by atoms with Crippen molar-refractivity contribution < 1.29 is 51.8 Å². The van der Waals surface area contributed by atoms with Gasteiger partial charge in [-0.05, 0) is 36.4 Å². The molecule has 12 nitrogen and oxygen atoms in total. The molecular formula is C22H23N3O9. The summed E-state index contributed by atoms with van der Waals surface area (Å²) in [6.07, 6.45) is 3.39. The summed E-state index contributed by atoms with van der Waals surface area (Å²) >= 11 is 0. The van der Waals surface area contributed by atoms with Crippen molar-refractivity contribution in [2.75, 3.05) is 28.3 Å². The number of nitrogens with zero attached hydrogens (tertiary/aromatic N) is 3. The molecule has 0 radical (unpaired) electrons. The Morgan fingerprint density at radius 2 is 1.18 bits per heavy atom. The second kappa shape index (κ2) is 14.3. The molecule has 2 N–H and O–H groups in total. The average molecular weight is 479 g/mol. The standard InChI is InChI=1S/C8H9NO3.2C7H7NO3/c1-11-6-3-4-7(9-5-6)8(10)12-2;1-11-5-2-3-6(7(9)10)8-4-5;1-11-7(10)6-3-2-5(9)4-8-6/h3-5H,1-2H3;2-4H,1H3,(H,9,10);2-4,9H,1H3/i2*1D3;. The smallest absolute Gasteiger partial charge is 0.356 e. The molecule has 0 aliphatic carbocycles. The molecule has 0 amide bonds. The van der Waals surface area contributed by atoms with E-state index in [1.165, 1.54) is 56.8 Å². The number of ether oxygens (including phenoxy) is 4. The normalized spacial score (nSPS) is 12.5. The number of carbonyl (C=O) groups is 3. The molecule has 0 unspecified atom stereocenters. The van der Waals surface area contributed by atoms with Crippen molar-refractivity contribution in [2.45, 2.75) is 0 Å². The number of carboxylic acid groups (broad SMARTS) is 1. The van der Waals surface area contributed by atoms with Gasteiger partial charge in [0.1, 0.15) is 34.3 Å². The number of carbonyl (C=O) groups excluding carboxylic acids is 2. The molecule has 0 atom stereocenters. The van der Waals surface area contributed by atoms with Gasteiger partial charge in [-0.2, -0.15) is 0 Å². The Kier molecular flexibility index (Phi) is 7.93. The van der Waals surface area contributed by atoms with E-state index >= 15 is 0 Å². The van der Waals surface area contributed by atoms with Crippen LogP contribution < -0.4 is 9.47 Å². The van der Waals surface area contributed by atoms with Crippen LogP contribution in [0, 0.1) is 0 Å². The van der Waals surface area contributed by atoms with Gasteiger partial charge < -0.3 is 29.2 Å². The Labute approximate surface area is 203 Å². The third-order valence-corrected chi connectivity index (χ3v) is 3.46. The van der Waals surface area contributed by atoms with E-state index in [-0.39, 0.29) is 34.3 Å². The Hall–Kier alpha value is -4.74.